The lowest BCUT2D eigenvalue weighted by Crippen LogP contribution is -2.09. The molecule has 182 valence electrons. The number of hydrogen-bond acceptors (Lipinski definition) is 3. The minimum atomic E-state index is -0.943. The second-order valence-corrected chi connectivity index (χ2v) is 9.21. The van der Waals surface area contributed by atoms with Gasteiger partial charge in [-0.1, -0.05) is 55.5 Å². The van der Waals surface area contributed by atoms with Crippen molar-refractivity contribution >= 4 is 28.0 Å². The van der Waals surface area contributed by atoms with Gasteiger partial charge >= 0.3 is 5.97 Å². The quantitative estimate of drug-likeness (QED) is 0.290. The van der Waals surface area contributed by atoms with Crippen molar-refractivity contribution in [1.82, 2.24) is 19.1 Å². The van der Waals surface area contributed by atoms with E-state index in [1.807, 2.05) is 86.8 Å². The Kier molecular flexibility index (Phi) is 5.37. The van der Waals surface area contributed by atoms with Gasteiger partial charge in [0.1, 0.15) is 11.6 Å². The number of carboxylic acids is 1. The number of aromatic carboxylic acids is 1. The smallest absolute Gasteiger partial charge is 0.336 e. The second kappa shape index (κ2) is 8.75. The molecule has 0 aliphatic heterocycles. The first-order chi connectivity index (χ1) is 18.0. The number of para-hydroxylation sites is 2. The molecule has 0 unspecified atom stereocenters. The molecule has 1 N–H and O–H groups in total. The molecule has 0 bridgehead atoms. The van der Waals surface area contributed by atoms with Crippen LogP contribution in [0.15, 0.2) is 84.9 Å². The van der Waals surface area contributed by atoms with Gasteiger partial charge in [0, 0.05) is 19.0 Å². The van der Waals surface area contributed by atoms with Crippen molar-refractivity contribution in [3.8, 4) is 28.2 Å². The Bertz CT molecular complexity index is 1810. The van der Waals surface area contributed by atoms with Crippen LogP contribution in [0.25, 0.3) is 50.3 Å². The summed E-state index contributed by atoms with van der Waals surface area (Å²) in [6.07, 6.45) is 0.707. The van der Waals surface area contributed by atoms with Crippen LogP contribution in [-0.4, -0.2) is 30.2 Å². The van der Waals surface area contributed by atoms with Gasteiger partial charge in [0.05, 0.1) is 33.3 Å². The van der Waals surface area contributed by atoms with Crippen LogP contribution in [0.1, 0.15) is 28.7 Å². The molecule has 0 atom stereocenters. The Morgan fingerprint density at radius 3 is 2.30 bits per heavy atom. The Morgan fingerprint density at radius 2 is 1.57 bits per heavy atom. The average molecular weight is 487 g/mol. The van der Waals surface area contributed by atoms with E-state index in [0.717, 1.165) is 50.5 Å². The third kappa shape index (κ3) is 3.61. The molecule has 0 aliphatic rings. The van der Waals surface area contributed by atoms with Crippen LogP contribution < -0.4 is 0 Å². The molecule has 0 aliphatic carbocycles. The summed E-state index contributed by atoms with van der Waals surface area (Å²) in [6.45, 7) is 3.95. The predicted octanol–water partition coefficient (Wildman–Crippen LogP) is 6.82. The van der Waals surface area contributed by atoms with Gasteiger partial charge in [-0.15, -0.1) is 0 Å². The molecule has 2 aromatic heterocycles. The first-order valence-corrected chi connectivity index (χ1v) is 12.3. The normalized spacial score (nSPS) is 11.4. The van der Waals surface area contributed by atoms with E-state index in [-0.39, 0.29) is 0 Å². The number of aryl methyl sites for hydroxylation is 2. The molecular weight excluding hydrogens is 460 g/mol. The van der Waals surface area contributed by atoms with E-state index < -0.39 is 5.97 Å². The van der Waals surface area contributed by atoms with Gasteiger partial charge in [0.15, 0.2) is 0 Å². The molecule has 0 saturated carbocycles. The zero-order chi connectivity index (χ0) is 25.7. The summed E-state index contributed by atoms with van der Waals surface area (Å²) in [7, 11) is 2.02. The molecule has 6 nitrogen and oxygen atoms in total. The maximum Gasteiger partial charge on any atom is 0.336 e. The summed E-state index contributed by atoms with van der Waals surface area (Å²) in [5.41, 5.74) is 8.19. The van der Waals surface area contributed by atoms with Crippen LogP contribution in [0.3, 0.4) is 0 Å². The van der Waals surface area contributed by atoms with Gasteiger partial charge in [0.2, 0.25) is 0 Å². The van der Waals surface area contributed by atoms with Crippen LogP contribution in [0.5, 0.6) is 0 Å². The van der Waals surface area contributed by atoms with Crippen molar-refractivity contribution < 1.29 is 9.90 Å². The highest BCUT2D eigenvalue weighted by atomic mass is 16.4. The van der Waals surface area contributed by atoms with E-state index in [1.54, 1.807) is 0 Å². The average Bonchev–Trinajstić information content (AvgIpc) is 3.46. The van der Waals surface area contributed by atoms with Crippen LogP contribution in [0.2, 0.25) is 0 Å². The molecule has 0 spiro atoms. The van der Waals surface area contributed by atoms with Gasteiger partial charge in [-0.25, -0.2) is 14.8 Å². The second-order valence-electron chi connectivity index (χ2n) is 9.21. The molecule has 0 fully saturated rings. The minimum absolute atomic E-state index is 0.305. The van der Waals surface area contributed by atoms with Gasteiger partial charge < -0.3 is 9.67 Å². The number of carboxylic acid groups (broad SMARTS) is 1. The fourth-order valence-electron chi connectivity index (χ4n) is 5.25. The van der Waals surface area contributed by atoms with Crippen LogP contribution in [-0.2, 0) is 13.5 Å². The molecule has 0 saturated heterocycles. The van der Waals surface area contributed by atoms with Gasteiger partial charge in [0.25, 0.3) is 0 Å². The number of carbonyl (C=O) groups is 1. The Morgan fingerprint density at radius 1 is 0.838 bits per heavy atom. The number of imidazole rings is 2. The number of nitrogens with zero attached hydrogens (tertiary/aromatic N) is 4. The fraction of sp³-hybridized carbons (Fsp3) is 0.129. The molecule has 37 heavy (non-hydrogen) atoms. The van der Waals surface area contributed by atoms with E-state index in [2.05, 4.69) is 28.2 Å². The van der Waals surface area contributed by atoms with Gasteiger partial charge in [-0.05, 0) is 60.0 Å². The lowest BCUT2D eigenvalue weighted by molar-refractivity contribution is 0.0697. The van der Waals surface area contributed by atoms with Crippen molar-refractivity contribution in [2.24, 2.45) is 7.05 Å². The van der Waals surface area contributed by atoms with Gasteiger partial charge in [-0.3, -0.25) is 4.57 Å². The SMILES string of the molecule is CCc1nc2ccc(-c3nc4ccccc4n3C)cc2n1-c1ccc(-c2ccccc2)c(C(=O)O)c1C. The predicted molar refractivity (Wildman–Crippen MR) is 147 cm³/mol. The largest absolute Gasteiger partial charge is 0.478 e. The summed E-state index contributed by atoms with van der Waals surface area (Å²) in [5, 5.41) is 10.2. The molecule has 6 rings (SSSR count). The maximum absolute atomic E-state index is 12.5. The van der Waals surface area contributed by atoms with Crippen LogP contribution in [0.4, 0.5) is 0 Å². The molecule has 6 heteroatoms. The van der Waals surface area contributed by atoms with Gasteiger partial charge in [-0.2, -0.15) is 0 Å². The Labute approximate surface area is 214 Å². The zero-order valence-corrected chi connectivity index (χ0v) is 20.9. The molecule has 6 aromatic rings. The summed E-state index contributed by atoms with van der Waals surface area (Å²) >= 11 is 0. The van der Waals surface area contributed by atoms with E-state index in [1.165, 1.54) is 0 Å². The number of benzene rings is 4. The molecule has 0 radical (unpaired) electrons. The van der Waals surface area contributed by atoms with E-state index >= 15 is 0 Å². The minimum Gasteiger partial charge on any atom is -0.478 e. The topological polar surface area (TPSA) is 72.9 Å². The fourth-order valence-corrected chi connectivity index (χ4v) is 5.25. The monoisotopic (exact) mass is 486 g/mol. The van der Waals surface area contributed by atoms with E-state index in [4.69, 9.17) is 9.97 Å². The summed E-state index contributed by atoms with van der Waals surface area (Å²) in [6, 6.07) is 27.8. The zero-order valence-electron chi connectivity index (χ0n) is 20.9. The summed E-state index contributed by atoms with van der Waals surface area (Å²) < 4.78 is 4.19. The highest BCUT2D eigenvalue weighted by molar-refractivity contribution is 5.99. The van der Waals surface area contributed by atoms with Crippen molar-refractivity contribution in [2.45, 2.75) is 20.3 Å². The highest BCUT2D eigenvalue weighted by Gasteiger charge is 2.22. The first-order valence-electron chi connectivity index (χ1n) is 12.3. The van der Waals surface area contributed by atoms with E-state index in [9.17, 15) is 9.90 Å². The Hall–Kier alpha value is -4.71. The van der Waals surface area contributed by atoms with E-state index in [0.29, 0.717) is 23.1 Å². The van der Waals surface area contributed by atoms with Crippen LogP contribution >= 0.6 is 0 Å². The third-order valence-corrected chi connectivity index (χ3v) is 7.06. The molecular formula is C31H26N4O2. The molecule has 4 aromatic carbocycles. The summed E-state index contributed by atoms with van der Waals surface area (Å²) in [4.78, 5) is 22.2. The number of fused-ring (bicyclic) bond motifs is 2. The number of aromatic nitrogens is 4. The van der Waals surface area contributed by atoms with Crippen molar-refractivity contribution in [2.75, 3.05) is 0 Å². The molecule has 2 heterocycles. The number of hydrogen-bond donors (Lipinski definition) is 1. The lowest BCUT2D eigenvalue weighted by atomic mass is 9.94. The number of rotatable bonds is 5. The lowest BCUT2D eigenvalue weighted by Gasteiger charge is -2.17. The maximum atomic E-state index is 12.5. The molecule has 0 amide bonds. The standard InChI is InChI=1S/C31H26N4O2/c1-4-28-32-24-16-14-21(30-33-23-12-8-9-13-26(23)34(30)3)18-27(24)35(28)25-17-15-22(20-10-6-5-7-11-20)29(19(25)2)31(36)37/h5-18H,4H2,1-3H3,(H,36,37). The van der Waals surface area contributed by atoms with Crippen LogP contribution in [0, 0.1) is 6.92 Å². The highest BCUT2D eigenvalue weighted by Crippen LogP contribution is 2.34. The first kappa shape index (κ1) is 22.7. The summed E-state index contributed by atoms with van der Waals surface area (Å²) in [5.74, 6) is 0.807. The van der Waals surface area contributed by atoms with Crippen molar-refractivity contribution in [1.29, 1.82) is 0 Å². The van der Waals surface area contributed by atoms with Crippen molar-refractivity contribution in [3.63, 3.8) is 0 Å². The van der Waals surface area contributed by atoms with Crippen molar-refractivity contribution in [3.05, 3.63) is 102 Å². The third-order valence-electron chi connectivity index (χ3n) is 7.06. The Balaban J connectivity index is 1.59.